The van der Waals surface area contributed by atoms with E-state index in [2.05, 4.69) is 66.7 Å². The Morgan fingerprint density at radius 2 is 0.898 bits per heavy atom. The van der Waals surface area contributed by atoms with Crippen LogP contribution in [0.5, 0.6) is 0 Å². The summed E-state index contributed by atoms with van der Waals surface area (Å²) in [6.07, 6.45) is 0. The van der Waals surface area contributed by atoms with Gasteiger partial charge in [0.05, 0.1) is 5.48 Å². The van der Waals surface area contributed by atoms with Gasteiger partial charge in [-0.3, -0.25) is 0 Å². The van der Waals surface area contributed by atoms with Crippen LogP contribution in [0, 0.1) is 0 Å². The highest BCUT2D eigenvalue weighted by Crippen LogP contribution is 2.45. The lowest BCUT2D eigenvalue weighted by molar-refractivity contribution is 0.669. The smallest absolute Gasteiger partial charge is 0.136 e. The van der Waals surface area contributed by atoms with Crippen molar-refractivity contribution in [3.8, 4) is 44.5 Å². The van der Waals surface area contributed by atoms with Crippen LogP contribution in [0.15, 0.2) is 186 Å². The summed E-state index contributed by atoms with van der Waals surface area (Å²) in [6.45, 7) is 0. The summed E-state index contributed by atoms with van der Waals surface area (Å²) in [6, 6.07) is 52.5. The molecule has 0 bridgehead atoms. The van der Waals surface area contributed by atoms with Crippen LogP contribution in [0.3, 0.4) is 0 Å². The van der Waals surface area contributed by atoms with Crippen LogP contribution >= 0.6 is 0 Å². The molecule has 10 rings (SSSR count). The van der Waals surface area contributed by atoms with Crippen molar-refractivity contribution in [1.29, 1.82) is 0 Å². The first-order valence-electron chi connectivity index (χ1n) is 18.5. The molecule has 0 aliphatic rings. The van der Waals surface area contributed by atoms with Crippen LogP contribution in [0.2, 0.25) is 0 Å². The van der Waals surface area contributed by atoms with E-state index in [4.69, 9.17) is 4.42 Å². The molecule has 0 unspecified atom stereocenters. The Bertz CT molecular complexity index is 3020. The molecular formula is C48H30O. The molecule has 0 aliphatic carbocycles. The fraction of sp³-hybridized carbons (Fsp3) is 0. The molecule has 49 heavy (non-hydrogen) atoms. The number of benzene rings is 9. The first-order chi connectivity index (χ1) is 26.0. The van der Waals surface area contributed by atoms with Crippen molar-refractivity contribution in [2.24, 2.45) is 0 Å². The lowest BCUT2D eigenvalue weighted by Gasteiger charge is -2.18. The second kappa shape index (κ2) is 11.1. The van der Waals surface area contributed by atoms with Gasteiger partial charge in [0.1, 0.15) is 11.2 Å². The van der Waals surface area contributed by atoms with Gasteiger partial charge in [-0.15, -0.1) is 0 Å². The molecule has 0 fully saturated rings. The molecular weight excluding hydrogens is 593 g/mol. The van der Waals surface area contributed by atoms with Crippen molar-refractivity contribution in [1.82, 2.24) is 0 Å². The van der Waals surface area contributed by atoms with Crippen molar-refractivity contribution in [3.63, 3.8) is 0 Å². The second-order valence-corrected chi connectivity index (χ2v) is 12.5. The normalized spacial score (nSPS) is 12.8. The van der Waals surface area contributed by atoms with Crippen molar-refractivity contribution >= 4 is 54.3 Å². The minimum Gasteiger partial charge on any atom is -0.456 e. The summed E-state index contributed by atoms with van der Waals surface area (Å²) in [4.78, 5) is 0. The number of rotatable bonds is 4. The SMILES string of the molecule is [2H]c1c([2H])c(-c2cccc3oc4ccc(-c5cccc6ccccc56)cc4c23)c([2H])c([2H])c1-c1c2ccccc2c(-c2ccccc2)c2ccccc12. The molecule has 0 aliphatic heterocycles. The molecule has 0 saturated heterocycles. The maximum Gasteiger partial charge on any atom is 0.136 e. The number of hydrogen-bond donors (Lipinski definition) is 0. The molecule has 9 aromatic carbocycles. The zero-order valence-corrected chi connectivity index (χ0v) is 26.4. The van der Waals surface area contributed by atoms with Crippen LogP contribution < -0.4 is 0 Å². The Kier molecular flexibility index (Phi) is 5.38. The highest BCUT2D eigenvalue weighted by atomic mass is 16.3. The Balaban J connectivity index is 1.23. The third-order valence-electron chi connectivity index (χ3n) is 9.73. The van der Waals surface area contributed by atoms with Gasteiger partial charge in [0.2, 0.25) is 0 Å². The fourth-order valence-corrected chi connectivity index (χ4v) is 7.57. The Morgan fingerprint density at radius 1 is 0.347 bits per heavy atom. The summed E-state index contributed by atoms with van der Waals surface area (Å²) in [5.41, 5.74) is 7.45. The Labute approximate surface area is 289 Å². The van der Waals surface area contributed by atoms with Gasteiger partial charge >= 0.3 is 0 Å². The molecule has 0 atom stereocenters. The summed E-state index contributed by atoms with van der Waals surface area (Å²) in [7, 11) is 0. The third-order valence-corrected chi connectivity index (χ3v) is 9.73. The van der Waals surface area contributed by atoms with Gasteiger partial charge in [0.15, 0.2) is 0 Å². The standard InChI is InChI=1S/C48H30O/c1-2-13-33(14-3-1)46-39-17-6-8-19-41(39)47(42-20-9-7-18-40(42)46)34-26-24-32(25-27-34)38-22-11-23-45-48(38)43-30-35(28-29-44(43)49-45)37-21-10-15-31-12-4-5-16-36(31)37/h1-30H/i24D,25D,26D,27D. The molecule has 1 aromatic heterocycles. The van der Waals surface area contributed by atoms with Gasteiger partial charge in [0.25, 0.3) is 0 Å². The van der Waals surface area contributed by atoms with E-state index in [1.54, 1.807) is 0 Å². The van der Waals surface area contributed by atoms with Crippen molar-refractivity contribution in [3.05, 3.63) is 182 Å². The Morgan fingerprint density at radius 3 is 1.61 bits per heavy atom. The fourth-order valence-electron chi connectivity index (χ4n) is 7.57. The van der Waals surface area contributed by atoms with E-state index >= 15 is 0 Å². The lowest BCUT2D eigenvalue weighted by Crippen LogP contribution is -1.90. The van der Waals surface area contributed by atoms with E-state index in [-0.39, 0.29) is 29.7 Å². The van der Waals surface area contributed by atoms with Gasteiger partial charge in [-0.05, 0) is 95.0 Å². The predicted molar refractivity (Wildman–Crippen MR) is 208 cm³/mol. The number of fused-ring (bicyclic) bond motifs is 6. The summed E-state index contributed by atoms with van der Waals surface area (Å²) < 4.78 is 44.6. The summed E-state index contributed by atoms with van der Waals surface area (Å²) >= 11 is 0. The zero-order valence-electron chi connectivity index (χ0n) is 30.4. The second-order valence-electron chi connectivity index (χ2n) is 12.5. The quantitative estimate of drug-likeness (QED) is 0.177. The van der Waals surface area contributed by atoms with E-state index in [1.165, 1.54) is 0 Å². The molecule has 1 heterocycles. The van der Waals surface area contributed by atoms with Gasteiger partial charge in [-0.2, -0.15) is 0 Å². The average molecular weight is 627 g/mol. The molecule has 1 heteroatoms. The van der Waals surface area contributed by atoms with Gasteiger partial charge in [-0.1, -0.05) is 164 Å². The minimum atomic E-state index is -0.0895. The summed E-state index contributed by atoms with van der Waals surface area (Å²) in [5.74, 6) is 0. The molecule has 10 aromatic rings. The zero-order chi connectivity index (χ0) is 35.8. The molecule has 0 amide bonds. The van der Waals surface area contributed by atoms with E-state index in [1.807, 2.05) is 91.0 Å². The Hall–Kier alpha value is -6.44. The molecule has 0 radical (unpaired) electrons. The van der Waals surface area contributed by atoms with Crippen LogP contribution in [0.1, 0.15) is 5.48 Å². The van der Waals surface area contributed by atoms with Gasteiger partial charge in [0, 0.05) is 10.8 Å². The van der Waals surface area contributed by atoms with Crippen molar-refractivity contribution in [2.45, 2.75) is 0 Å². The monoisotopic (exact) mass is 626 g/mol. The lowest BCUT2D eigenvalue weighted by atomic mass is 9.85. The maximum absolute atomic E-state index is 9.57. The van der Waals surface area contributed by atoms with Gasteiger partial charge in [-0.25, -0.2) is 0 Å². The highest BCUT2D eigenvalue weighted by molar-refractivity contribution is 6.21. The molecule has 228 valence electrons. The van der Waals surface area contributed by atoms with E-state index < -0.39 is 0 Å². The molecule has 0 N–H and O–H groups in total. The highest BCUT2D eigenvalue weighted by Gasteiger charge is 2.18. The molecule has 0 saturated carbocycles. The van der Waals surface area contributed by atoms with Crippen molar-refractivity contribution in [2.75, 3.05) is 0 Å². The first-order valence-corrected chi connectivity index (χ1v) is 16.5. The number of hydrogen-bond acceptors (Lipinski definition) is 1. The predicted octanol–water partition coefficient (Wildman–Crippen LogP) is 13.7. The average Bonchev–Trinajstić information content (AvgIpc) is 3.59. The van der Waals surface area contributed by atoms with Gasteiger partial charge < -0.3 is 4.42 Å². The van der Waals surface area contributed by atoms with E-state index in [0.29, 0.717) is 27.9 Å². The topological polar surface area (TPSA) is 13.1 Å². The molecule has 0 spiro atoms. The third kappa shape index (κ3) is 4.40. The van der Waals surface area contributed by atoms with Crippen LogP contribution in [0.25, 0.3) is 98.8 Å². The molecule has 1 nitrogen and oxygen atoms in total. The van der Waals surface area contributed by atoms with Crippen LogP contribution in [-0.2, 0) is 0 Å². The largest absolute Gasteiger partial charge is 0.456 e. The van der Waals surface area contributed by atoms with E-state index in [9.17, 15) is 5.48 Å². The first kappa shape index (κ1) is 23.8. The number of furan rings is 1. The summed E-state index contributed by atoms with van der Waals surface area (Å²) in [5, 5.41) is 7.66. The van der Waals surface area contributed by atoms with Crippen molar-refractivity contribution < 1.29 is 9.90 Å². The minimum absolute atomic E-state index is 0.0787. The van der Waals surface area contributed by atoms with Crippen LogP contribution in [0.4, 0.5) is 0 Å². The maximum atomic E-state index is 9.57. The van der Waals surface area contributed by atoms with Crippen LogP contribution in [-0.4, -0.2) is 0 Å². The van der Waals surface area contributed by atoms with E-state index in [0.717, 1.165) is 65.3 Å².